The molecule has 0 spiro atoms. The third-order valence-corrected chi connectivity index (χ3v) is 4.63. The number of aryl methyl sites for hydroxylation is 1. The second kappa shape index (κ2) is 7.49. The molecule has 1 fully saturated rings. The Morgan fingerprint density at radius 2 is 1.83 bits per heavy atom. The molecule has 0 radical (unpaired) electrons. The fraction of sp³-hybridized carbons (Fsp3) is 0.350. The third kappa shape index (κ3) is 3.95. The number of methoxy groups -OCH3 is 1. The summed E-state index contributed by atoms with van der Waals surface area (Å²) < 4.78 is 5.15. The first kappa shape index (κ1) is 16.5. The normalized spacial score (nSPS) is 15.3. The second-order valence-corrected chi connectivity index (χ2v) is 6.44. The smallest absolute Gasteiger partial charge is 0.254 e. The van der Waals surface area contributed by atoms with Gasteiger partial charge in [0.25, 0.3) is 5.91 Å². The van der Waals surface area contributed by atoms with Crippen molar-refractivity contribution in [2.45, 2.75) is 13.5 Å². The summed E-state index contributed by atoms with van der Waals surface area (Å²) >= 11 is 0. The van der Waals surface area contributed by atoms with Gasteiger partial charge in [0.1, 0.15) is 12.3 Å². The lowest BCUT2D eigenvalue weighted by atomic mass is 10.1. The van der Waals surface area contributed by atoms with Crippen LogP contribution in [0.25, 0.3) is 0 Å². The highest BCUT2D eigenvalue weighted by Crippen LogP contribution is 2.13. The van der Waals surface area contributed by atoms with Crippen LogP contribution >= 0.6 is 0 Å². The van der Waals surface area contributed by atoms with Crippen molar-refractivity contribution in [2.75, 3.05) is 33.3 Å². The van der Waals surface area contributed by atoms with Gasteiger partial charge in [-0.25, -0.2) is 0 Å². The maximum absolute atomic E-state index is 12.6. The molecule has 0 unspecified atom stereocenters. The highest BCUT2D eigenvalue weighted by Gasteiger charge is 2.24. The minimum atomic E-state index is 0.118. The standard InChI is InChI=1S/C20H24N2O2/c1-16-4-3-5-17(14-16)15-21-10-12-22(13-11-21)20(23)18-6-8-19(24-2)9-7-18/h3-9,14H,10-13,15H2,1-2H3/p+1. The molecule has 3 rings (SSSR count). The van der Waals surface area contributed by atoms with Crippen LogP contribution in [0.1, 0.15) is 21.5 Å². The summed E-state index contributed by atoms with van der Waals surface area (Å²) in [6.07, 6.45) is 0. The number of benzene rings is 2. The first-order valence-electron chi connectivity index (χ1n) is 8.48. The van der Waals surface area contributed by atoms with Crippen molar-refractivity contribution in [3.05, 3.63) is 65.2 Å². The Labute approximate surface area is 143 Å². The minimum Gasteiger partial charge on any atom is -0.497 e. The number of hydrogen-bond acceptors (Lipinski definition) is 2. The number of piperazine rings is 1. The zero-order valence-corrected chi connectivity index (χ0v) is 14.4. The average Bonchev–Trinajstić information content (AvgIpc) is 2.62. The van der Waals surface area contributed by atoms with Gasteiger partial charge >= 0.3 is 0 Å². The Kier molecular flexibility index (Phi) is 5.16. The number of nitrogens with one attached hydrogen (secondary N) is 1. The molecule has 0 saturated carbocycles. The maximum atomic E-state index is 12.6. The van der Waals surface area contributed by atoms with E-state index in [1.807, 2.05) is 29.2 Å². The van der Waals surface area contributed by atoms with Crippen LogP contribution < -0.4 is 9.64 Å². The first-order chi connectivity index (χ1) is 11.7. The topological polar surface area (TPSA) is 34.0 Å². The molecule has 1 saturated heterocycles. The lowest BCUT2D eigenvalue weighted by molar-refractivity contribution is -0.917. The second-order valence-electron chi connectivity index (χ2n) is 6.44. The molecule has 4 heteroatoms. The Balaban J connectivity index is 1.55. The lowest BCUT2D eigenvalue weighted by Crippen LogP contribution is -3.13. The summed E-state index contributed by atoms with van der Waals surface area (Å²) in [6.45, 7) is 6.78. The van der Waals surface area contributed by atoms with E-state index in [1.54, 1.807) is 12.0 Å². The van der Waals surface area contributed by atoms with E-state index in [2.05, 4.69) is 31.2 Å². The summed E-state index contributed by atoms with van der Waals surface area (Å²) in [6, 6.07) is 16.0. The zero-order chi connectivity index (χ0) is 16.9. The fourth-order valence-electron chi connectivity index (χ4n) is 3.23. The van der Waals surface area contributed by atoms with Gasteiger partial charge in [0.2, 0.25) is 0 Å². The predicted molar refractivity (Wildman–Crippen MR) is 94.5 cm³/mol. The number of carbonyl (C=O) groups excluding carboxylic acids is 1. The van der Waals surface area contributed by atoms with Gasteiger partial charge in [-0.05, 0) is 31.2 Å². The zero-order valence-electron chi connectivity index (χ0n) is 14.4. The van der Waals surface area contributed by atoms with Crippen LogP contribution in [0.3, 0.4) is 0 Å². The molecule has 0 aromatic heterocycles. The minimum absolute atomic E-state index is 0.118. The molecule has 1 aliphatic heterocycles. The van der Waals surface area contributed by atoms with E-state index in [0.29, 0.717) is 0 Å². The van der Waals surface area contributed by atoms with Gasteiger partial charge in [0.15, 0.2) is 0 Å². The van der Waals surface area contributed by atoms with E-state index in [-0.39, 0.29) is 5.91 Å². The fourth-order valence-corrected chi connectivity index (χ4v) is 3.23. The number of rotatable bonds is 4. The summed E-state index contributed by atoms with van der Waals surface area (Å²) in [4.78, 5) is 16.1. The Bertz CT molecular complexity index is 689. The molecule has 0 aliphatic carbocycles. The number of nitrogens with zero attached hydrogens (tertiary/aromatic N) is 1. The van der Waals surface area contributed by atoms with Gasteiger partial charge in [-0.3, -0.25) is 4.79 Å². The first-order valence-corrected chi connectivity index (χ1v) is 8.48. The molecule has 0 bridgehead atoms. The van der Waals surface area contributed by atoms with Gasteiger partial charge in [-0.1, -0.05) is 29.8 Å². The van der Waals surface area contributed by atoms with Crippen LogP contribution in [-0.4, -0.2) is 44.1 Å². The Morgan fingerprint density at radius 1 is 1.12 bits per heavy atom. The highest BCUT2D eigenvalue weighted by molar-refractivity contribution is 5.94. The van der Waals surface area contributed by atoms with Crippen LogP contribution in [0, 0.1) is 6.92 Å². The molecule has 2 aromatic carbocycles. The molecular formula is C20H25N2O2+. The van der Waals surface area contributed by atoms with Gasteiger partial charge in [0.05, 0.1) is 33.3 Å². The van der Waals surface area contributed by atoms with Crippen LogP contribution in [0.5, 0.6) is 5.75 Å². The molecule has 4 nitrogen and oxygen atoms in total. The summed E-state index contributed by atoms with van der Waals surface area (Å²) in [5, 5.41) is 0. The molecule has 1 aliphatic rings. The summed E-state index contributed by atoms with van der Waals surface area (Å²) in [7, 11) is 1.63. The van der Waals surface area contributed by atoms with E-state index in [9.17, 15) is 4.79 Å². The van der Waals surface area contributed by atoms with Crippen LogP contribution in [0.15, 0.2) is 48.5 Å². The maximum Gasteiger partial charge on any atom is 0.254 e. The van der Waals surface area contributed by atoms with Crippen molar-refractivity contribution < 1.29 is 14.4 Å². The monoisotopic (exact) mass is 325 g/mol. The van der Waals surface area contributed by atoms with Gasteiger partial charge in [-0.2, -0.15) is 0 Å². The third-order valence-electron chi connectivity index (χ3n) is 4.63. The molecule has 2 aromatic rings. The molecule has 1 N–H and O–H groups in total. The Hall–Kier alpha value is -2.33. The van der Waals surface area contributed by atoms with E-state index < -0.39 is 0 Å². The van der Waals surface area contributed by atoms with Crippen LogP contribution in [0.4, 0.5) is 0 Å². The number of hydrogen-bond donors (Lipinski definition) is 1. The van der Waals surface area contributed by atoms with Gasteiger partial charge < -0.3 is 14.5 Å². The van der Waals surface area contributed by atoms with E-state index in [0.717, 1.165) is 44.0 Å². The van der Waals surface area contributed by atoms with E-state index >= 15 is 0 Å². The SMILES string of the molecule is COc1ccc(C(=O)N2CC[NH+](Cc3cccc(C)c3)CC2)cc1. The van der Waals surface area contributed by atoms with E-state index in [1.165, 1.54) is 11.1 Å². The van der Waals surface area contributed by atoms with Gasteiger partial charge in [-0.15, -0.1) is 0 Å². The Morgan fingerprint density at radius 3 is 2.46 bits per heavy atom. The number of ether oxygens (including phenoxy) is 1. The van der Waals surface area contributed by atoms with Crippen molar-refractivity contribution in [3.8, 4) is 5.75 Å². The van der Waals surface area contributed by atoms with Gasteiger partial charge in [0, 0.05) is 11.1 Å². The van der Waals surface area contributed by atoms with Crippen molar-refractivity contribution >= 4 is 5.91 Å². The predicted octanol–water partition coefficient (Wildman–Crippen LogP) is 1.54. The van der Waals surface area contributed by atoms with Crippen LogP contribution in [0.2, 0.25) is 0 Å². The molecule has 1 amide bonds. The van der Waals surface area contributed by atoms with Crippen molar-refractivity contribution in [2.24, 2.45) is 0 Å². The molecule has 126 valence electrons. The van der Waals surface area contributed by atoms with Crippen LogP contribution in [-0.2, 0) is 6.54 Å². The van der Waals surface area contributed by atoms with Crippen molar-refractivity contribution in [1.29, 1.82) is 0 Å². The quantitative estimate of drug-likeness (QED) is 0.925. The lowest BCUT2D eigenvalue weighted by Gasteiger charge is -2.32. The number of amides is 1. The number of carbonyl (C=O) groups is 1. The van der Waals surface area contributed by atoms with Crippen molar-refractivity contribution in [1.82, 2.24) is 4.90 Å². The number of quaternary nitrogens is 1. The highest BCUT2D eigenvalue weighted by atomic mass is 16.5. The average molecular weight is 325 g/mol. The summed E-state index contributed by atoms with van der Waals surface area (Å²) in [5.41, 5.74) is 3.41. The van der Waals surface area contributed by atoms with Crippen molar-refractivity contribution in [3.63, 3.8) is 0 Å². The molecule has 1 heterocycles. The largest absolute Gasteiger partial charge is 0.497 e. The van der Waals surface area contributed by atoms with E-state index in [4.69, 9.17) is 4.74 Å². The summed E-state index contributed by atoms with van der Waals surface area (Å²) in [5.74, 6) is 0.895. The molecule has 0 atom stereocenters. The molecule has 24 heavy (non-hydrogen) atoms. The molecular weight excluding hydrogens is 300 g/mol.